The van der Waals surface area contributed by atoms with Crippen LogP contribution in [0.1, 0.15) is 46.4 Å². The van der Waals surface area contributed by atoms with Gasteiger partial charge >= 0.3 is 5.97 Å². The summed E-state index contributed by atoms with van der Waals surface area (Å²) < 4.78 is 0. The first-order valence-corrected chi connectivity index (χ1v) is 10.1. The predicted molar refractivity (Wildman–Crippen MR) is 106 cm³/mol. The molecule has 1 aliphatic carbocycles. The molecule has 3 rings (SSSR count). The highest BCUT2D eigenvalue weighted by Crippen LogP contribution is 2.29. The first-order valence-electron chi connectivity index (χ1n) is 8.85. The Kier molecular flexibility index (Phi) is 5.99. The molecule has 136 valence electrons. The lowest BCUT2D eigenvalue weighted by atomic mass is 9.93. The van der Waals surface area contributed by atoms with E-state index in [9.17, 15) is 14.7 Å². The van der Waals surface area contributed by atoms with Crippen LogP contribution in [-0.4, -0.2) is 34.5 Å². The number of aromatic carboxylic acids is 1. The molecule has 2 N–H and O–H groups in total. The van der Waals surface area contributed by atoms with E-state index in [0.29, 0.717) is 21.9 Å². The van der Waals surface area contributed by atoms with Crippen LogP contribution >= 0.6 is 11.8 Å². The first kappa shape index (κ1) is 18.5. The lowest BCUT2D eigenvalue weighted by Crippen LogP contribution is -2.39. The van der Waals surface area contributed by atoms with Gasteiger partial charge < -0.3 is 10.4 Å². The second-order valence-corrected chi connectivity index (χ2v) is 7.73. The molecule has 0 spiro atoms. The summed E-state index contributed by atoms with van der Waals surface area (Å²) in [5.74, 6) is -1.13. The van der Waals surface area contributed by atoms with Gasteiger partial charge in [-0.2, -0.15) is 11.8 Å². The highest BCUT2D eigenvalue weighted by molar-refractivity contribution is 7.99. The Hall–Kier alpha value is -2.27. The predicted octanol–water partition coefficient (Wildman–Crippen LogP) is 4.46. The van der Waals surface area contributed by atoms with E-state index < -0.39 is 5.97 Å². The van der Waals surface area contributed by atoms with Crippen LogP contribution in [0.15, 0.2) is 48.5 Å². The minimum Gasteiger partial charge on any atom is -0.478 e. The molecular weight excluding hydrogens is 346 g/mol. The van der Waals surface area contributed by atoms with E-state index in [-0.39, 0.29) is 17.5 Å². The van der Waals surface area contributed by atoms with Gasteiger partial charge in [0.05, 0.1) is 5.56 Å². The van der Waals surface area contributed by atoms with E-state index in [1.54, 1.807) is 30.3 Å². The maximum Gasteiger partial charge on any atom is 0.336 e. The molecule has 2 aromatic rings. The van der Waals surface area contributed by atoms with Gasteiger partial charge in [-0.1, -0.05) is 42.8 Å². The van der Waals surface area contributed by atoms with Crippen LogP contribution in [0.5, 0.6) is 0 Å². The Morgan fingerprint density at radius 2 is 1.62 bits per heavy atom. The van der Waals surface area contributed by atoms with Crippen LogP contribution in [0.4, 0.5) is 0 Å². The summed E-state index contributed by atoms with van der Waals surface area (Å²) in [7, 11) is 0. The van der Waals surface area contributed by atoms with E-state index in [2.05, 4.69) is 11.6 Å². The molecule has 2 aromatic carbocycles. The average molecular weight is 369 g/mol. The van der Waals surface area contributed by atoms with Gasteiger partial charge in [0.15, 0.2) is 0 Å². The van der Waals surface area contributed by atoms with Gasteiger partial charge in [0.2, 0.25) is 0 Å². The first-order chi connectivity index (χ1) is 12.6. The van der Waals surface area contributed by atoms with Gasteiger partial charge in [0.25, 0.3) is 5.91 Å². The number of carboxylic acid groups (broad SMARTS) is 1. The summed E-state index contributed by atoms with van der Waals surface area (Å²) in [6.07, 6.45) is 6.43. The number of thioether (sulfide) groups is 1. The monoisotopic (exact) mass is 369 g/mol. The molecule has 1 fully saturated rings. The fraction of sp³-hybridized carbons (Fsp3) is 0.333. The second kappa shape index (κ2) is 8.41. The van der Waals surface area contributed by atoms with Crippen molar-refractivity contribution in [3.8, 4) is 11.1 Å². The highest BCUT2D eigenvalue weighted by Gasteiger charge is 2.24. The quantitative estimate of drug-likeness (QED) is 0.817. The van der Waals surface area contributed by atoms with Crippen molar-refractivity contribution in [2.75, 3.05) is 6.26 Å². The molecule has 0 heterocycles. The maximum absolute atomic E-state index is 12.9. The molecule has 4 nitrogen and oxygen atoms in total. The van der Waals surface area contributed by atoms with Gasteiger partial charge in [-0.15, -0.1) is 0 Å². The normalized spacial score (nSPS) is 19.7. The Morgan fingerprint density at radius 1 is 1.00 bits per heavy atom. The van der Waals surface area contributed by atoms with Gasteiger partial charge in [0.1, 0.15) is 0 Å². The molecule has 26 heavy (non-hydrogen) atoms. The molecule has 0 radical (unpaired) electrons. The number of rotatable bonds is 5. The third-order valence-electron chi connectivity index (χ3n) is 4.91. The lowest BCUT2D eigenvalue weighted by Gasteiger charge is -2.29. The van der Waals surface area contributed by atoms with Crippen molar-refractivity contribution in [1.82, 2.24) is 5.32 Å². The zero-order valence-electron chi connectivity index (χ0n) is 14.8. The number of carbonyl (C=O) groups is 2. The summed E-state index contributed by atoms with van der Waals surface area (Å²) in [5.41, 5.74) is 1.94. The van der Waals surface area contributed by atoms with Crippen molar-refractivity contribution >= 4 is 23.6 Å². The van der Waals surface area contributed by atoms with Crippen LogP contribution < -0.4 is 5.32 Å². The number of nitrogens with one attached hydrogen (secondary N) is 1. The zero-order chi connectivity index (χ0) is 18.5. The summed E-state index contributed by atoms with van der Waals surface area (Å²) in [4.78, 5) is 24.5. The third kappa shape index (κ3) is 4.10. The van der Waals surface area contributed by atoms with E-state index in [1.165, 1.54) is 6.42 Å². The van der Waals surface area contributed by atoms with Crippen molar-refractivity contribution in [3.63, 3.8) is 0 Å². The third-order valence-corrected chi connectivity index (χ3v) is 6.01. The number of carboxylic acids is 1. The minimum atomic E-state index is -0.995. The van der Waals surface area contributed by atoms with Crippen molar-refractivity contribution in [2.24, 2.45) is 0 Å². The molecule has 2 unspecified atom stereocenters. The molecule has 2 atom stereocenters. The maximum atomic E-state index is 12.9. The number of hydrogen-bond donors (Lipinski definition) is 2. The number of carbonyl (C=O) groups excluding carboxylic acids is 1. The second-order valence-electron chi connectivity index (χ2n) is 6.59. The summed E-state index contributed by atoms with van der Waals surface area (Å²) in [6, 6.07) is 14.2. The summed E-state index contributed by atoms with van der Waals surface area (Å²) >= 11 is 1.86. The van der Waals surface area contributed by atoms with Crippen molar-refractivity contribution in [3.05, 3.63) is 59.7 Å². The number of hydrogen-bond acceptors (Lipinski definition) is 3. The average Bonchev–Trinajstić information content (AvgIpc) is 2.68. The largest absolute Gasteiger partial charge is 0.478 e. The zero-order valence-corrected chi connectivity index (χ0v) is 15.6. The molecular formula is C21H23NO3S. The molecule has 0 saturated heterocycles. The molecule has 0 aliphatic heterocycles. The molecule has 0 aromatic heterocycles. The van der Waals surface area contributed by atoms with Gasteiger partial charge in [0, 0.05) is 16.9 Å². The standard InChI is InChI=1S/C21H23NO3S/c1-26-15-8-6-7-14(13-15)22-20(23)18-11-4-2-9-16(18)17-10-3-5-12-19(17)21(24)25/h2-5,9-12,14-15H,6-8,13H2,1H3,(H,22,23)(H,24,25). The molecule has 1 aliphatic rings. The van der Waals surface area contributed by atoms with Crippen LogP contribution in [0.3, 0.4) is 0 Å². The smallest absolute Gasteiger partial charge is 0.336 e. The van der Waals surface area contributed by atoms with Crippen molar-refractivity contribution in [2.45, 2.75) is 37.0 Å². The van der Waals surface area contributed by atoms with Crippen molar-refractivity contribution < 1.29 is 14.7 Å². The highest BCUT2D eigenvalue weighted by atomic mass is 32.2. The molecule has 0 bridgehead atoms. The van der Waals surface area contributed by atoms with Gasteiger partial charge in [-0.25, -0.2) is 4.79 Å². The fourth-order valence-electron chi connectivity index (χ4n) is 3.57. The Bertz CT molecular complexity index is 805. The number of amides is 1. The van der Waals surface area contributed by atoms with Gasteiger partial charge in [-0.05, 0) is 48.8 Å². The molecule has 1 amide bonds. The summed E-state index contributed by atoms with van der Waals surface area (Å²) in [5, 5.41) is 13.2. The lowest BCUT2D eigenvalue weighted by molar-refractivity contribution is 0.0697. The van der Waals surface area contributed by atoms with Crippen LogP contribution in [-0.2, 0) is 0 Å². The van der Waals surface area contributed by atoms with E-state index in [4.69, 9.17) is 0 Å². The minimum absolute atomic E-state index is 0.132. The Labute approximate surface area is 158 Å². The number of benzene rings is 2. The van der Waals surface area contributed by atoms with Crippen LogP contribution in [0.2, 0.25) is 0 Å². The Morgan fingerprint density at radius 3 is 2.27 bits per heavy atom. The van der Waals surface area contributed by atoms with Crippen LogP contribution in [0.25, 0.3) is 11.1 Å². The molecule has 1 saturated carbocycles. The SMILES string of the molecule is CSC1CCCC(NC(=O)c2ccccc2-c2ccccc2C(=O)O)C1. The Balaban J connectivity index is 1.88. The van der Waals surface area contributed by atoms with E-state index >= 15 is 0 Å². The molecule has 5 heteroatoms. The fourth-order valence-corrected chi connectivity index (χ4v) is 4.40. The van der Waals surface area contributed by atoms with Crippen molar-refractivity contribution in [1.29, 1.82) is 0 Å². The summed E-state index contributed by atoms with van der Waals surface area (Å²) in [6.45, 7) is 0. The topological polar surface area (TPSA) is 66.4 Å². The van der Waals surface area contributed by atoms with E-state index in [1.807, 2.05) is 30.0 Å². The van der Waals surface area contributed by atoms with E-state index in [0.717, 1.165) is 19.3 Å². The van der Waals surface area contributed by atoms with Gasteiger partial charge in [-0.3, -0.25) is 4.79 Å². The van der Waals surface area contributed by atoms with Crippen LogP contribution in [0, 0.1) is 0 Å².